The molecule has 0 N–H and O–H groups in total. The molecule has 4 bridgehead atoms. The number of anilines is 2. The minimum atomic E-state index is 0.276. The molecule has 41 heavy (non-hydrogen) atoms. The van der Waals surface area contributed by atoms with E-state index >= 15 is 0 Å². The molecule has 3 heterocycles. The second kappa shape index (κ2) is 8.12. The van der Waals surface area contributed by atoms with Gasteiger partial charge in [0, 0.05) is 28.2 Å². The number of fused-ring (bicyclic) bond motifs is 6. The number of hydrogen-bond acceptors (Lipinski definition) is 2. The van der Waals surface area contributed by atoms with Gasteiger partial charge in [-0.25, -0.2) is 4.98 Å². The molecule has 0 saturated heterocycles. The smallest absolute Gasteiger partial charge is 0.133 e. The molecule has 4 fully saturated rings. The SMILES string of the molecule is C1=CC2c3ccccc3N(c3ccc(-n4c5c(c6ccccc64)C=CC(C46CC7CC(C4)C(C7)C6)C5)cn3)C2C=C1. The van der Waals surface area contributed by atoms with Crippen LogP contribution in [0.2, 0.25) is 0 Å². The molecule has 0 radical (unpaired) electrons. The molecule has 5 atom stereocenters. The van der Waals surface area contributed by atoms with Gasteiger partial charge in [-0.2, -0.15) is 0 Å². The Bertz CT molecular complexity index is 1780. The van der Waals surface area contributed by atoms with Gasteiger partial charge in [0.2, 0.25) is 0 Å². The van der Waals surface area contributed by atoms with Crippen LogP contribution in [0.1, 0.15) is 54.8 Å². The molecule has 6 aliphatic carbocycles. The molecule has 7 aliphatic rings. The van der Waals surface area contributed by atoms with Gasteiger partial charge in [0.05, 0.1) is 23.4 Å². The predicted molar refractivity (Wildman–Crippen MR) is 167 cm³/mol. The predicted octanol–water partition coefficient (Wildman–Crippen LogP) is 8.77. The van der Waals surface area contributed by atoms with Crippen molar-refractivity contribution in [2.75, 3.05) is 4.90 Å². The van der Waals surface area contributed by atoms with Crippen molar-refractivity contribution in [3.8, 4) is 5.69 Å². The van der Waals surface area contributed by atoms with Gasteiger partial charge >= 0.3 is 0 Å². The van der Waals surface area contributed by atoms with Crippen LogP contribution in [0.3, 0.4) is 0 Å². The topological polar surface area (TPSA) is 21.1 Å². The third kappa shape index (κ3) is 3.07. The first-order valence-electron chi connectivity index (χ1n) is 15.8. The molecule has 3 heteroatoms. The lowest BCUT2D eigenvalue weighted by atomic mass is 9.60. The third-order valence-electron chi connectivity index (χ3n) is 11.9. The van der Waals surface area contributed by atoms with E-state index in [2.05, 4.69) is 113 Å². The van der Waals surface area contributed by atoms with Gasteiger partial charge in [-0.1, -0.05) is 72.9 Å². The summed E-state index contributed by atoms with van der Waals surface area (Å²) in [5.41, 5.74) is 8.58. The van der Waals surface area contributed by atoms with Crippen molar-refractivity contribution < 1.29 is 0 Å². The number of para-hydroxylation sites is 2. The number of nitrogens with zero attached hydrogens (tertiary/aromatic N) is 3. The van der Waals surface area contributed by atoms with Gasteiger partial charge in [-0.05, 0) is 97.4 Å². The van der Waals surface area contributed by atoms with E-state index in [1.807, 2.05) is 0 Å². The van der Waals surface area contributed by atoms with Crippen molar-refractivity contribution in [2.45, 2.75) is 50.5 Å². The number of pyridine rings is 1. The van der Waals surface area contributed by atoms with Crippen molar-refractivity contribution in [1.82, 2.24) is 9.55 Å². The molecule has 4 aromatic rings. The largest absolute Gasteiger partial charge is 0.318 e. The van der Waals surface area contributed by atoms with E-state index < -0.39 is 0 Å². The summed E-state index contributed by atoms with van der Waals surface area (Å²) in [6.07, 6.45) is 24.8. The monoisotopic (exact) mass is 533 g/mol. The average Bonchev–Trinajstić information content (AvgIpc) is 3.70. The van der Waals surface area contributed by atoms with E-state index in [9.17, 15) is 0 Å². The van der Waals surface area contributed by atoms with Crippen LogP contribution in [0.5, 0.6) is 0 Å². The standard InChI is InChI=1S/C38H35N3/c1-4-10-33-31(9-1)32-15-13-27(38-20-24-17-25(21-38)26(18-24)22-38)19-36(32)40(33)28-14-16-37(39-23-28)41-34-11-5-2-7-29(34)30-8-3-6-12-35(30)41/h1-16,23-27,29,34H,17-22H2. The molecular weight excluding hydrogens is 498 g/mol. The highest BCUT2D eigenvalue weighted by Crippen LogP contribution is 2.67. The summed E-state index contributed by atoms with van der Waals surface area (Å²) in [5.74, 6) is 5.07. The van der Waals surface area contributed by atoms with E-state index in [-0.39, 0.29) is 6.04 Å². The van der Waals surface area contributed by atoms with Gasteiger partial charge in [-0.15, -0.1) is 0 Å². The maximum Gasteiger partial charge on any atom is 0.133 e. The molecule has 2 aromatic heterocycles. The fourth-order valence-electron chi connectivity index (χ4n) is 10.4. The highest BCUT2D eigenvalue weighted by atomic mass is 15.2. The normalized spacial score (nSPS) is 33.5. The molecule has 4 saturated carbocycles. The molecule has 3 nitrogen and oxygen atoms in total. The van der Waals surface area contributed by atoms with Gasteiger partial charge in [-0.3, -0.25) is 0 Å². The van der Waals surface area contributed by atoms with Crippen LogP contribution in [-0.4, -0.2) is 15.6 Å². The molecular formula is C38H35N3. The number of aromatic nitrogens is 2. The molecule has 0 spiro atoms. The summed E-state index contributed by atoms with van der Waals surface area (Å²) in [4.78, 5) is 7.58. The summed E-state index contributed by atoms with van der Waals surface area (Å²) in [6.45, 7) is 0. The first-order valence-corrected chi connectivity index (χ1v) is 15.8. The number of allylic oxidation sites excluding steroid dienone is 3. The summed E-state index contributed by atoms with van der Waals surface area (Å²) >= 11 is 0. The Kier molecular flexibility index (Phi) is 4.52. The zero-order chi connectivity index (χ0) is 26.7. The lowest BCUT2D eigenvalue weighted by Crippen LogP contribution is -2.36. The van der Waals surface area contributed by atoms with Crippen molar-refractivity contribution in [3.05, 3.63) is 114 Å². The molecule has 202 valence electrons. The fraction of sp³-hybridized carbons (Fsp3) is 0.342. The fourth-order valence-corrected chi connectivity index (χ4v) is 10.4. The maximum atomic E-state index is 5.15. The summed E-state index contributed by atoms with van der Waals surface area (Å²) < 4.78 is 2.54. The van der Waals surface area contributed by atoms with Gasteiger partial charge in [0.15, 0.2) is 0 Å². The first kappa shape index (κ1) is 22.8. The molecule has 5 unspecified atom stereocenters. The lowest BCUT2D eigenvalue weighted by molar-refractivity contribution is 0.0916. The Balaban J connectivity index is 1.05. The second-order valence-electron chi connectivity index (χ2n) is 13.8. The average molecular weight is 534 g/mol. The first-order chi connectivity index (χ1) is 20.3. The zero-order valence-corrected chi connectivity index (χ0v) is 23.4. The minimum absolute atomic E-state index is 0.276. The highest BCUT2D eigenvalue weighted by Gasteiger charge is 2.58. The Morgan fingerprint density at radius 2 is 1.63 bits per heavy atom. The van der Waals surface area contributed by atoms with Crippen LogP contribution in [0.25, 0.3) is 22.7 Å². The second-order valence-corrected chi connectivity index (χ2v) is 13.8. The zero-order valence-electron chi connectivity index (χ0n) is 23.4. The minimum Gasteiger partial charge on any atom is -0.318 e. The van der Waals surface area contributed by atoms with Crippen LogP contribution < -0.4 is 4.90 Å². The Labute approximate surface area is 241 Å². The van der Waals surface area contributed by atoms with Crippen LogP contribution in [0.15, 0.2) is 97.2 Å². The molecule has 11 rings (SSSR count). The molecule has 0 amide bonds. The summed E-state index contributed by atoms with van der Waals surface area (Å²) in [7, 11) is 0. The molecule has 1 aliphatic heterocycles. The van der Waals surface area contributed by atoms with Crippen LogP contribution in [0, 0.1) is 29.1 Å². The van der Waals surface area contributed by atoms with Crippen molar-refractivity contribution in [3.63, 3.8) is 0 Å². The Hall–Kier alpha value is -3.85. The Morgan fingerprint density at radius 3 is 2.49 bits per heavy atom. The summed E-state index contributed by atoms with van der Waals surface area (Å²) in [6, 6.07) is 22.6. The molecule has 2 aromatic carbocycles. The van der Waals surface area contributed by atoms with E-state index in [1.54, 1.807) is 0 Å². The van der Waals surface area contributed by atoms with E-state index in [0.29, 0.717) is 17.3 Å². The summed E-state index contributed by atoms with van der Waals surface area (Å²) in [5, 5.41) is 1.37. The highest BCUT2D eigenvalue weighted by molar-refractivity contribution is 5.93. The van der Waals surface area contributed by atoms with Crippen LogP contribution in [0.4, 0.5) is 11.5 Å². The van der Waals surface area contributed by atoms with E-state index in [1.165, 1.54) is 71.2 Å². The number of benzene rings is 2. The van der Waals surface area contributed by atoms with Crippen LogP contribution in [-0.2, 0) is 6.42 Å². The van der Waals surface area contributed by atoms with Crippen molar-refractivity contribution in [1.29, 1.82) is 0 Å². The number of rotatable bonds is 3. The maximum absolute atomic E-state index is 5.15. The van der Waals surface area contributed by atoms with Gasteiger partial charge in [0.1, 0.15) is 5.82 Å². The van der Waals surface area contributed by atoms with Crippen LogP contribution >= 0.6 is 0 Å². The van der Waals surface area contributed by atoms with Gasteiger partial charge in [0.25, 0.3) is 0 Å². The van der Waals surface area contributed by atoms with Crippen molar-refractivity contribution >= 4 is 28.5 Å². The van der Waals surface area contributed by atoms with E-state index in [4.69, 9.17) is 4.98 Å². The van der Waals surface area contributed by atoms with E-state index in [0.717, 1.165) is 30.0 Å². The lowest BCUT2D eigenvalue weighted by Gasteiger charge is -2.44. The number of hydrogen-bond donors (Lipinski definition) is 0. The Morgan fingerprint density at radius 1 is 0.805 bits per heavy atom. The third-order valence-corrected chi connectivity index (χ3v) is 11.9. The van der Waals surface area contributed by atoms with Gasteiger partial charge < -0.3 is 9.47 Å². The van der Waals surface area contributed by atoms with Crippen molar-refractivity contribution in [2.24, 2.45) is 29.1 Å². The quantitative estimate of drug-likeness (QED) is 0.262.